The molecule has 0 N–H and O–H groups in total. The molecule has 2 fully saturated rings. The van der Waals surface area contributed by atoms with Gasteiger partial charge in [-0.15, -0.1) is 0 Å². The molecule has 14 heteroatoms. The summed E-state index contributed by atoms with van der Waals surface area (Å²) in [7, 11) is -0.805. The lowest BCUT2D eigenvalue weighted by Crippen LogP contribution is -2.38. The van der Waals surface area contributed by atoms with Crippen LogP contribution in [0.2, 0.25) is 0 Å². The molecule has 208 valence electrons. The van der Waals surface area contributed by atoms with Crippen LogP contribution in [0.1, 0.15) is 31.1 Å². The summed E-state index contributed by atoms with van der Waals surface area (Å²) in [6, 6.07) is 5.18. The minimum absolute atomic E-state index is 0.0440. The molecule has 0 radical (unpaired) electrons. The predicted octanol–water partition coefficient (Wildman–Crippen LogP) is 2.85. The number of rotatable bonds is 6. The fourth-order valence-corrected chi connectivity index (χ4v) is 6.33. The van der Waals surface area contributed by atoms with Crippen molar-refractivity contribution in [2.24, 2.45) is 0 Å². The third-order valence-electron chi connectivity index (χ3n) is 7.35. The van der Waals surface area contributed by atoms with E-state index in [2.05, 4.69) is 15.8 Å². The van der Waals surface area contributed by atoms with Crippen molar-refractivity contribution >= 4 is 43.7 Å². The van der Waals surface area contributed by atoms with Crippen molar-refractivity contribution in [1.82, 2.24) is 33.4 Å². The van der Waals surface area contributed by atoms with Gasteiger partial charge in [-0.25, -0.2) is 23.1 Å². The summed E-state index contributed by atoms with van der Waals surface area (Å²) in [5.74, 6) is 4.41. The third-order valence-corrected chi connectivity index (χ3v) is 8.81. The van der Waals surface area contributed by atoms with E-state index >= 15 is 0 Å². The van der Waals surface area contributed by atoms with E-state index in [0.717, 1.165) is 12.8 Å². The van der Waals surface area contributed by atoms with E-state index in [-0.39, 0.29) is 11.9 Å². The number of anilines is 1. The lowest BCUT2D eigenvalue weighted by atomic mass is 10.1. The van der Waals surface area contributed by atoms with E-state index in [1.54, 1.807) is 30.8 Å². The van der Waals surface area contributed by atoms with Crippen LogP contribution < -0.4 is 9.64 Å². The number of para-hydroxylation sites is 1. The van der Waals surface area contributed by atoms with Crippen LogP contribution in [0.4, 0.5) is 14.7 Å². The monoisotopic (exact) mass is 560 g/mol. The van der Waals surface area contributed by atoms with Gasteiger partial charge in [-0.2, -0.15) is 9.97 Å². The van der Waals surface area contributed by atoms with Crippen LogP contribution in [0.3, 0.4) is 0 Å². The molecule has 2 aliphatic rings. The number of fused-ring (bicyclic) bond motifs is 2. The molecule has 0 aliphatic carbocycles. The number of morpholine rings is 1. The number of hydrogen-bond donors (Lipinski definition) is 0. The van der Waals surface area contributed by atoms with Crippen LogP contribution in [0.25, 0.3) is 28.0 Å². The van der Waals surface area contributed by atoms with Gasteiger partial charge in [0.2, 0.25) is 5.95 Å². The summed E-state index contributed by atoms with van der Waals surface area (Å²) < 4.78 is 57.5. The van der Waals surface area contributed by atoms with E-state index in [4.69, 9.17) is 19.4 Å². The normalized spacial score (nSPS) is 19.3. The van der Waals surface area contributed by atoms with Crippen molar-refractivity contribution in [3.63, 3.8) is 0 Å². The van der Waals surface area contributed by atoms with Crippen molar-refractivity contribution in [1.29, 1.82) is 0 Å². The zero-order chi connectivity index (χ0) is 27.3. The first-order valence-corrected chi connectivity index (χ1v) is 14.8. The van der Waals surface area contributed by atoms with Gasteiger partial charge in [0.05, 0.1) is 32.2 Å². The third kappa shape index (κ3) is 4.59. The molecule has 39 heavy (non-hydrogen) atoms. The number of nitrogens with zero attached hydrogens (tertiary/aromatic N) is 8. The first-order valence-electron chi connectivity index (χ1n) is 12.7. The first kappa shape index (κ1) is 25.9. The second-order valence-corrected chi connectivity index (χ2v) is 12.3. The number of ether oxygens (including phenoxy) is 2. The summed E-state index contributed by atoms with van der Waals surface area (Å²) in [6.45, 7) is 3.43. The molecule has 6 rings (SSSR count). The molecule has 2 aliphatic heterocycles. The Kier molecular flexibility index (Phi) is 6.63. The number of imidazole rings is 2. The standard InChI is InChI=1S/C25H30F2N8O3S/c1-37-18-6-4-5-17-19(18)29-24(21(26)27)35(17)23-20-22(30-25(31-23)32-11-13-38-14-12-32)34(15-28-20)16-7-9-33(10-8-16)39(2,3)36/h4-6,15-16,21H,2,7-14H2,1,3H3. The second-order valence-electron chi connectivity index (χ2n) is 9.82. The van der Waals surface area contributed by atoms with Crippen LogP contribution in [0, 0.1) is 0 Å². The van der Waals surface area contributed by atoms with Crippen molar-refractivity contribution in [3.8, 4) is 11.6 Å². The second kappa shape index (κ2) is 9.99. The van der Waals surface area contributed by atoms with Gasteiger partial charge < -0.3 is 18.9 Å². The first-order chi connectivity index (χ1) is 18.8. The highest BCUT2D eigenvalue weighted by molar-refractivity contribution is 7.97. The van der Waals surface area contributed by atoms with Crippen molar-refractivity contribution in [2.75, 3.05) is 57.7 Å². The van der Waals surface area contributed by atoms with E-state index in [9.17, 15) is 13.0 Å². The fourth-order valence-electron chi connectivity index (χ4n) is 5.35. The number of alkyl halides is 2. The molecule has 2 saturated heterocycles. The molecular weight excluding hydrogens is 530 g/mol. The van der Waals surface area contributed by atoms with Crippen molar-refractivity contribution in [2.45, 2.75) is 25.3 Å². The lowest BCUT2D eigenvalue weighted by Gasteiger charge is -2.33. The van der Waals surface area contributed by atoms with Gasteiger partial charge >= 0.3 is 0 Å². The summed E-state index contributed by atoms with van der Waals surface area (Å²) >= 11 is 0. The maximum atomic E-state index is 14.4. The van der Waals surface area contributed by atoms with Crippen molar-refractivity contribution in [3.05, 3.63) is 30.4 Å². The molecule has 0 saturated carbocycles. The Labute approximate surface area is 224 Å². The maximum Gasteiger partial charge on any atom is 0.296 e. The average molecular weight is 561 g/mol. The smallest absolute Gasteiger partial charge is 0.296 e. The highest BCUT2D eigenvalue weighted by Crippen LogP contribution is 2.35. The van der Waals surface area contributed by atoms with E-state index < -0.39 is 22.0 Å². The van der Waals surface area contributed by atoms with Crippen LogP contribution in [-0.2, 0) is 14.4 Å². The van der Waals surface area contributed by atoms with Gasteiger partial charge in [0.15, 0.2) is 22.8 Å². The quantitative estimate of drug-likeness (QED) is 0.332. The van der Waals surface area contributed by atoms with Gasteiger partial charge in [0, 0.05) is 48.2 Å². The summed E-state index contributed by atoms with van der Waals surface area (Å²) in [5, 5.41) is 0. The molecule has 11 nitrogen and oxygen atoms in total. The van der Waals surface area contributed by atoms with E-state index in [0.29, 0.717) is 73.3 Å². The molecule has 0 amide bonds. The summed E-state index contributed by atoms with van der Waals surface area (Å²) in [5.41, 5.74) is 1.71. The molecule has 1 atom stereocenters. The van der Waals surface area contributed by atoms with Gasteiger partial charge in [-0.1, -0.05) is 6.07 Å². The Bertz CT molecular complexity index is 1620. The molecule has 5 heterocycles. The molecule has 4 aromatic rings. The van der Waals surface area contributed by atoms with Crippen molar-refractivity contribution < 1.29 is 22.5 Å². The molecule has 3 aromatic heterocycles. The minimum atomic E-state index is -2.86. The molecule has 0 spiro atoms. The molecule has 1 unspecified atom stereocenters. The Morgan fingerprint density at radius 1 is 1.10 bits per heavy atom. The summed E-state index contributed by atoms with van der Waals surface area (Å²) in [6.07, 6.45) is 1.94. The lowest BCUT2D eigenvalue weighted by molar-refractivity contribution is 0.122. The van der Waals surface area contributed by atoms with Gasteiger partial charge in [0.25, 0.3) is 6.43 Å². The fraction of sp³-hybridized carbons (Fsp3) is 0.480. The van der Waals surface area contributed by atoms with Gasteiger partial charge in [-0.3, -0.25) is 8.78 Å². The van der Waals surface area contributed by atoms with Gasteiger partial charge in [0.1, 0.15) is 11.3 Å². The topological polar surface area (TPSA) is 103 Å². The van der Waals surface area contributed by atoms with Gasteiger partial charge in [-0.05, 0) is 30.8 Å². The van der Waals surface area contributed by atoms with Crippen LogP contribution in [0.15, 0.2) is 24.5 Å². The van der Waals surface area contributed by atoms with Crippen LogP contribution in [0.5, 0.6) is 5.75 Å². The molecule has 0 bridgehead atoms. The number of piperidine rings is 1. The summed E-state index contributed by atoms with van der Waals surface area (Å²) in [4.78, 5) is 20.6. The Morgan fingerprint density at radius 3 is 2.51 bits per heavy atom. The van der Waals surface area contributed by atoms with Crippen LogP contribution in [-0.4, -0.2) is 96.2 Å². The SMILES string of the molecule is C=S(C)(=O)N1CCC(n2cnc3c(-n4c(C(F)F)nc5c(OC)cccc54)nc(N4CCOCC4)nc32)CC1. The van der Waals surface area contributed by atoms with Crippen LogP contribution >= 0.6 is 0 Å². The molecule has 1 aromatic carbocycles. The van der Waals surface area contributed by atoms with E-state index in [1.807, 2.05) is 13.8 Å². The number of aromatic nitrogens is 6. The Balaban J connectivity index is 1.54. The number of methoxy groups -OCH3 is 1. The predicted molar refractivity (Wildman–Crippen MR) is 146 cm³/mol. The number of benzene rings is 1. The minimum Gasteiger partial charge on any atom is -0.494 e. The highest BCUT2D eigenvalue weighted by atomic mass is 32.2. The Morgan fingerprint density at radius 2 is 1.85 bits per heavy atom. The number of halogens is 2. The zero-order valence-electron chi connectivity index (χ0n) is 21.8. The molecular formula is C25H30F2N8O3S. The van der Waals surface area contributed by atoms with E-state index in [1.165, 1.54) is 11.7 Å². The highest BCUT2D eigenvalue weighted by Gasteiger charge is 2.30. The number of hydrogen-bond acceptors (Lipinski definition) is 8. The average Bonchev–Trinajstić information content (AvgIpc) is 3.55. The zero-order valence-corrected chi connectivity index (χ0v) is 22.6. The largest absolute Gasteiger partial charge is 0.494 e. The Hall–Kier alpha value is -3.36. The maximum absolute atomic E-state index is 14.4.